The van der Waals surface area contributed by atoms with Crippen molar-refractivity contribution in [2.45, 2.75) is 32.9 Å². The molecule has 5 nitrogen and oxygen atoms in total. The molecule has 3 aromatic carbocycles. The molecule has 0 radical (unpaired) electrons. The Morgan fingerprint density at radius 2 is 1.67 bits per heavy atom. The summed E-state index contributed by atoms with van der Waals surface area (Å²) >= 11 is 6.39. The Hall–Kier alpha value is -3.31. The topological polar surface area (TPSA) is 58.6 Å². The molecule has 0 bridgehead atoms. The Bertz CT molecular complexity index is 1100. The molecule has 0 saturated heterocycles. The summed E-state index contributed by atoms with van der Waals surface area (Å²) in [5.74, 6) is 0.118. The predicted octanol–water partition coefficient (Wildman–Crippen LogP) is 4.72. The Morgan fingerprint density at radius 3 is 2.36 bits per heavy atom. The highest BCUT2D eigenvalue weighted by Gasteiger charge is 2.30. The van der Waals surface area contributed by atoms with Crippen LogP contribution in [-0.2, 0) is 22.6 Å². The first-order valence-electron chi connectivity index (χ1n) is 10.9. The smallest absolute Gasteiger partial charge is 0.261 e. The monoisotopic (exact) mass is 464 g/mol. The zero-order valence-electron chi connectivity index (χ0n) is 19.2. The van der Waals surface area contributed by atoms with Crippen LogP contribution in [0.3, 0.4) is 0 Å². The van der Waals surface area contributed by atoms with E-state index in [1.807, 2.05) is 80.6 Å². The number of halogens is 1. The molecule has 6 heteroatoms. The summed E-state index contributed by atoms with van der Waals surface area (Å²) in [6.07, 6.45) is 0.375. The number of carbonyl (C=O) groups excluding carboxylic acids is 2. The summed E-state index contributed by atoms with van der Waals surface area (Å²) in [4.78, 5) is 27.9. The minimum Gasteiger partial charge on any atom is -0.483 e. The Balaban J connectivity index is 1.90. The molecule has 0 aliphatic rings. The van der Waals surface area contributed by atoms with Crippen molar-refractivity contribution in [1.29, 1.82) is 0 Å². The van der Waals surface area contributed by atoms with Crippen LogP contribution in [0.1, 0.15) is 22.3 Å². The average Bonchev–Trinajstić information content (AvgIpc) is 2.83. The molecule has 0 heterocycles. The summed E-state index contributed by atoms with van der Waals surface area (Å²) in [7, 11) is 1.57. The van der Waals surface area contributed by atoms with E-state index >= 15 is 0 Å². The molecular weight excluding hydrogens is 436 g/mol. The lowest BCUT2D eigenvalue weighted by atomic mass is 10.0. The van der Waals surface area contributed by atoms with E-state index in [0.717, 1.165) is 22.3 Å². The van der Waals surface area contributed by atoms with E-state index in [1.54, 1.807) is 18.0 Å². The van der Waals surface area contributed by atoms with Crippen molar-refractivity contribution in [3.8, 4) is 5.75 Å². The van der Waals surface area contributed by atoms with Crippen LogP contribution in [0.5, 0.6) is 5.75 Å². The summed E-state index contributed by atoms with van der Waals surface area (Å²) in [6.45, 7) is 3.96. The third kappa shape index (κ3) is 6.36. The highest BCUT2D eigenvalue weighted by molar-refractivity contribution is 6.31. The molecule has 0 spiro atoms. The van der Waals surface area contributed by atoms with Crippen LogP contribution in [0.15, 0.2) is 72.8 Å². The van der Waals surface area contributed by atoms with Gasteiger partial charge in [0.1, 0.15) is 11.8 Å². The number of nitrogens with one attached hydrogen (secondary N) is 1. The van der Waals surface area contributed by atoms with Crippen LogP contribution in [0.4, 0.5) is 0 Å². The van der Waals surface area contributed by atoms with Crippen molar-refractivity contribution >= 4 is 23.4 Å². The fraction of sp³-hybridized carbons (Fsp3) is 0.259. The molecule has 1 atom stereocenters. The van der Waals surface area contributed by atoms with Gasteiger partial charge in [-0.05, 0) is 48.2 Å². The van der Waals surface area contributed by atoms with Gasteiger partial charge in [-0.1, -0.05) is 72.3 Å². The van der Waals surface area contributed by atoms with E-state index in [4.69, 9.17) is 16.3 Å². The second kappa shape index (κ2) is 11.5. The van der Waals surface area contributed by atoms with Gasteiger partial charge in [-0.25, -0.2) is 0 Å². The van der Waals surface area contributed by atoms with Gasteiger partial charge in [-0.15, -0.1) is 0 Å². The van der Waals surface area contributed by atoms with Crippen molar-refractivity contribution in [2.24, 2.45) is 0 Å². The Labute approximate surface area is 200 Å². The highest BCUT2D eigenvalue weighted by atomic mass is 35.5. The first-order valence-corrected chi connectivity index (χ1v) is 11.3. The number of hydrogen-bond donors (Lipinski definition) is 1. The fourth-order valence-electron chi connectivity index (χ4n) is 3.63. The van der Waals surface area contributed by atoms with Crippen LogP contribution in [-0.4, -0.2) is 36.4 Å². The minimum atomic E-state index is -0.719. The van der Waals surface area contributed by atoms with Gasteiger partial charge in [0.15, 0.2) is 6.61 Å². The second-order valence-corrected chi connectivity index (χ2v) is 8.33. The molecule has 0 aliphatic carbocycles. The first kappa shape index (κ1) is 24.3. The first-order chi connectivity index (χ1) is 15.9. The minimum absolute atomic E-state index is 0.184. The molecule has 3 rings (SSSR count). The number of benzene rings is 3. The van der Waals surface area contributed by atoms with Crippen LogP contribution in [0, 0.1) is 13.8 Å². The van der Waals surface area contributed by atoms with Crippen LogP contribution < -0.4 is 10.1 Å². The maximum atomic E-state index is 13.5. The van der Waals surface area contributed by atoms with Crippen molar-refractivity contribution < 1.29 is 14.3 Å². The lowest BCUT2D eigenvalue weighted by Gasteiger charge is -2.31. The molecule has 2 amide bonds. The number of amides is 2. The molecule has 0 fully saturated rings. The number of nitrogens with zero attached hydrogens (tertiary/aromatic N) is 1. The lowest BCUT2D eigenvalue weighted by molar-refractivity contribution is -0.142. The van der Waals surface area contributed by atoms with Gasteiger partial charge >= 0.3 is 0 Å². The third-order valence-corrected chi connectivity index (χ3v) is 6.09. The summed E-state index contributed by atoms with van der Waals surface area (Å²) in [5, 5.41) is 3.25. The largest absolute Gasteiger partial charge is 0.483 e. The van der Waals surface area contributed by atoms with Crippen molar-refractivity contribution in [1.82, 2.24) is 10.2 Å². The van der Waals surface area contributed by atoms with E-state index in [1.165, 1.54) is 0 Å². The van der Waals surface area contributed by atoms with Gasteiger partial charge in [0.2, 0.25) is 5.91 Å². The second-order valence-electron chi connectivity index (χ2n) is 7.92. The third-order valence-electron chi connectivity index (χ3n) is 5.72. The maximum absolute atomic E-state index is 13.5. The maximum Gasteiger partial charge on any atom is 0.261 e. The standard InChI is InChI=1S/C27H29ClN2O3/c1-19-10-9-15-25(20(19)2)33-18-26(31)30(17-22-13-7-8-14-23(22)28)24(27(32)29-3)16-21-11-5-4-6-12-21/h4-15,24H,16-18H2,1-3H3,(H,29,32). The zero-order valence-corrected chi connectivity index (χ0v) is 19.9. The van der Waals surface area contributed by atoms with E-state index < -0.39 is 6.04 Å². The van der Waals surface area contributed by atoms with E-state index in [-0.39, 0.29) is 25.0 Å². The van der Waals surface area contributed by atoms with Crippen molar-refractivity contribution in [2.75, 3.05) is 13.7 Å². The number of rotatable bonds is 9. The van der Waals surface area contributed by atoms with Gasteiger partial charge in [0.05, 0.1) is 0 Å². The number of aryl methyl sites for hydroxylation is 1. The number of likely N-dealkylation sites (N-methyl/N-ethyl adjacent to an activating group) is 1. The van der Waals surface area contributed by atoms with Crippen LogP contribution in [0.2, 0.25) is 5.02 Å². The molecule has 1 N–H and O–H groups in total. The molecule has 0 aliphatic heterocycles. The van der Waals surface area contributed by atoms with Gasteiger partial charge in [-0.3, -0.25) is 9.59 Å². The van der Waals surface area contributed by atoms with Gasteiger partial charge < -0.3 is 15.0 Å². The van der Waals surface area contributed by atoms with Crippen LogP contribution >= 0.6 is 11.6 Å². The Kier molecular flexibility index (Phi) is 8.50. The lowest BCUT2D eigenvalue weighted by Crippen LogP contribution is -2.51. The summed E-state index contributed by atoms with van der Waals surface area (Å²) in [5.41, 5.74) is 3.79. The normalized spacial score (nSPS) is 11.5. The molecule has 33 heavy (non-hydrogen) atoms. The average molecular weight is 465 g/mol. The molecule has 172 valence electrons. The fourth-order valence-corrected chi connectivity index (χ4v) is 3.83. The predicted molar refractivity (Wildman–Crippen MR) is 131 cm³/mol. The number of carbonyl (C=O) groups is 2. The van der Waals surface area contributed by atoms with E-state index in [0.29, 0.717) is 17.2 Å². The molecule has 0 aromatic heterocycles. The quantitative estimate of drug-likeness (QED) is 0.498. The van der Waals surface area contributed by atoms with Crippen molar-refractivity contribution in [3.05, 3.63) is 100 Å². The van der Waals surface area contributed by atoms with E-state index in [2.05, 4.69) is 5.32 Å². The molecule has 3 aromatic rings. The summed E-state index contributed by atoms with van der Waals surface area (Å²) in [6, 6.07) is 22.0. The Morgan fingerprint density at radius 1 is 0.970 bits per heavy atom. The molecule has 0 saturated carbocycles. The van der Waals surface area contributed by atoms with E-state index in [9.17, 15) is 9.59 Å². The van der Waals surface area contributed by atoms with Gasteiger partial charge in [0, 0.05) is 25.0 Å². The van der Waals surface area contributed by atoms with Gasteiger partial charge in [-0.2, -0.15) is 0 Å². The molecular formula is C27H29ClN2O3. The van der Waals surface area contributed by atoms with Gasteiger partial charge in [0.25, 0.3) is 5.91 Å². The van der Waals surface area contributed by atoms with Crippen molar-refractivity contribution in [3.63, 3.8) is 0 Å². The zero-order chi connectivity index (χ0) is 23.8. The van der Waals surface area contributed by atoms with Crippen LogP contribution in [0.25, 0.3) is 0 Å². The highest BCUT2D eigenvalue weighted by Crippen LogP contribution is 2.23. The molecule has 1 unspecified atom stereocenters. The SMILES string of the molecule is CNC(=O)C(Cc1ccccc1)N(Cc1ccccc1Cl)C(=O)COc1cccc(C)c1C. The number of hydrogen-bond acceptors (Lipinski definition) is 3. The summed E-state index contributed by atoms with van der Waals surface area (Å²) < 4.78 is 5.89. The number of ether oxygens (including phenoxy) is 1.